The number of hydrogen-bond donors (Lipinski definition) is 2. The van der Waals surface area contributed by atoms with Crippen LogP contribution in [0.3, 0.4) is 0 Å². The number of nitrogens with two attached hydrogens (primary N) is 1. The topological polar surface area (TPSA) is 38.0 Å². The van der Waals surface area contributed by atoms with E-state index >= 15 is 0 Å². The van der Waals surface area contributed by atoms with Crippen LogP contribution < -0.4 is 11.1 Å². The minimum Gasteiger partial charge on any atom is -0.330 e. The van der Waals surface area contributed by atoms with Crippen LogP contribution in [0.5, 0.6) is 0 Å². The smallest absolute Gasteiger partial charge is 0.00822 e. The van der Waals surface area contributed by atoms with Gasteiger partial charge in [0.05, 0.1) is 0 Å². The van der Waals surface area contributed by atoms with Crippen LogP contribution in [0.1, 0.15) is 26.2 Å². The van der Waals surface area contributed by atoms with Gasteiger partial charge in [-0.2, -0.15) is 0 Å². The molecule has 0 saturated carbocycles. The first-order valence-corrected chi connectivity index (χ1v) is 4.30. The molecule has 1 rings (SSSR count). The molecule has 0 aromatic heterocycles. The van der Waals surface area contributed by atoms with Gasteiger partial charge in [-0.05, 0) is 31.8 Å². The second kappa shape index (κ2) is 3.94. The van der Waals surface area contributed by atoms with Crippen LogP contribution in [0, 0.1) is 5.92 Å². The summed E-state index contributed by atoms with van der Waals surface area (Å²) >= 11 is 0. The summed E-state index contributed by atoms with van der Waals surface area (Å²) in [6, 6.07) is 0.718. The molecule has 3 N–H and O–H groups in total. The van der Waals surface area contributed by atoms with Crippen molar-refractivity contribution < 1.29 is 0 Å². The van der Waals surface area contributed by atoms with Crippen molar-refractivity contribution in [3.05, 3.63) is 0 Å². The third-order valence-corrected chi connectivity index (χ3v) is 2.41. The fourth-order valence-electron chi connectivity index (χ4n) is 1.63. The Morgan fingerprint density at radius 2 is 2.40 bits per heavy atom. The van der Waals surface area contributed by atoms with E-state index in [1.807, 2.05) is 0 Å². The minimum atomic E-state index is 0.718. The van der Waals surface area contributed by atoms with Gasteiger partial charge in [0.2, 0.25) is 0 Å². The van der Waals surface area contributed by atoms with Gasteiger partial charge in [0.25, 0.3) is 0 Å². The van der Waals surface area contributed by atoms with Gasteiger partial charge in [-0.1, -0.05) is 13.3 Å². The first kappa shape index (κ1) is 8.02. The summed E-state index contributed by atoms with van der Waals surface area (Å²) in [6.45, 7) is 4.30. The molecular formula is C8H18N2. The lowest BCUT2D eigenvalue weighted by Crippen LogP contribution is -2.24. The van der Waals surface area contributed by atoms with Crippen molar-refractivity contribution >= 4 is 0 Å². The maximum atomic E-state index is 5.46. The molecule has 0 aromatic rings. The van der Waals surface area contributed by atoms with E-state index < -0.39 is 0 Å². The quantitative estimate of drug-likeness (QED) is 0.609. The molecule has 10 heavy (non-hydrogen) atoms. The van der Waals surface area contributed by atoms with Crippen LogP contribution in [0.2, 0.25) is 0 Å². The third kappa shape index (κ3) is 1.96. The van der Waals surface area contributed by atoms with E-state index in [9.17, 15) is 0 Å². The van der Waals surface area contributed by atoms with E-state index in [0.717, 1.165) is 24.9 Å². The molecule has 1 saturated heterocycles. The largest absolute Gasteiger partial charge is 0.330 e. The molecule has 0 radical (unpaired) electrons. The Balaban J connectivity index is 2.15. The van der Waals surface area contributed by atoms with E-state index in [4.69, 9.17) is 5.73 Å². The fraction of sp³-hybridized carbons (Fsp3) is 1.00. The summed E-state index contributed by atoms with van der Waals surface area (Å²) in [5, 5.41) is 3.48. The molecule has 0 aromatic carbocycles. The van der Waals surface area contributed by atoms with Crippen molar-refractivity contribution in [1.82, 2.24) is 5.32 Å². The summed E-state index contributed by atoms with van der Waals surface area (Å²) in [5.74, 6) is 0.913. The second-order valence-electron chi connectivity index (χ2n) is 3.19. The molecule has 1 fully saturated rings. The average Bonchev–Trinajstić information content (AvgIpc) is 2.37. The molecule has 2 atom stereocenters. The molecule has 0 bridgehead atoms. The highest BCUT2D eigenvalue weighted by Gasteiger charge is 2.21. The Bertz CT molecular complexity index is 93.3. The van der Waals surface area contributed by atoms with Gasteiger partial charge in [0.15, 0.2) is 0 Å². The zero-order valence-corrected chi connectivity index (χ0v) is 6.77. The maximum absolute atomic E-state index is 5.46. The maximum Gasteiger partial charge on any atom is 0.00822 e. The van der Waals surface area contributed by atoms with Gasteiger partial charge in [-0.15, -0.1) is 0 Å². The molecule has 1 aliphatic heterocycles. The molecule has 2 nitrogen and oxygen atoms in total. The van der Waals surface area contributed by atoms with Gasteiger partial charge < -0.3 is 11.1 Å². The predicted molar refractivity (Wildman–Crippen MR) is 43.9 cm³/mol. The predicted octanol–water partition coefficient (Wildman–Crippen LogP) is 0.723. The van der Waals surface area contributed by atoms with Gasteiger partial charge in [-0.25, -0.2) is 0 Å². The Kier molecular flexibility index (Phi) is 3.16. The summed E-state index contributed by atoms with van der Waals surface area (Å²) in [7, 11) is 0. The van der Waals surface area contributed by atoms with Gasteiger partial charge in [-0.3, -0.25) is 0 Å². The molecule has 1 aliphatic rings. The van der Waals surface area contributed by atoms with Crippen molar-refractivity contribution in [3.8, 4) is 0 Å². The van der Waals surface area contributed by atoms with E-state index in [2.05, 4.69) is 12.2 Å². The second-order valence-corrected chi connectivity index (χ2v) is 3.19. The van der Waals surface area contributed by atoms with Crippen LogP contribution in [-0.4, -0.2) is 19.1 Å². The standard InChI is InChI=1S/C8H18N2/c1-2-7-5-8(3-4-9)10-6-7/h7-8,10H,2-6,9H2,1H3/t7-,8+/m1/s1. The lowest BCUT2D eigenvalue weighted by Gasteiger charge is -2.06. The summed E-state index contributed by atoms with van der Waals surface area (Å²) in [6.07, 6.45) is 3.80. The summed E-state index contributed by atoms with van der Waals surface area (Å²) in [4.78, 5) is 0. The van der Waals surface area contributed by atoms with Gasteiger partial charge in [0, 0.05) is 6.04 Å². The van der Waals surface area contributed by atoms with Crippen molar-refractivity contribution in [3.63, 3.8) is 0 Å². The Hall–Kier alpha value is -0.0800. The van der Waals surface area contributed by atoms with Crippen molar-refractivity contribution in [2.75, 3.05) is 13.1 Å². The molecular weight excluding hydrogens is 124 g/mol. The molecule has 2 heteroatoms. The normalized spacial score (nSPS) is 33.0. The summed E-state index contributed by atoms with van der Waals surface area (Å²) in [5.41, 5.74) is 5.46. The van der Waals surface area contributed by atoms with E-state index in [1.165, 1.54) is 19.4 Å². The lowest BCUT2D eigenvalue weighted by atomic mass is 10.0. The van der Waals surface area contributed by atoms with Crippen molar-refractivity contribution in [1.29, 1.82) is 0 Å². The summed E-state index contributed by atoms with van der Waals surface area (Å²) < 4.78 is 0. The van der Waals surface area contributed by atoms with Gasteiger partial charge in [0.1, 0.15) is 0 Å². The molecule has 0 amide bonds. The minimum absolute atomic E-state index is 0.718. The first-order valence-electron chi connectivity index (χ1n) is 4.30. The highest BCUT2D eigenvalue weighted by atomic mass is 14.9. The van der Waals surface area contributed by atoms with Crippen LogP contribution in [0.4, 0.5) is 0 Å². The molecule has 0 unspecified atom stereocenters. The van der Waals surface area contributed by atoms with Gasteiger partial charge >= 0.3 is 0 Å². The van der Waals surface area contributed by atoms with Crippen LogP contribution in [0.25, 0.3) is 0 Å². The first-order chi connectivity index (χ1) is 4.86. The lowest BCUT2D eigenvalue weighted by molar-refractivity contribution is 0.522. The number of hydrogen-bond acceptors (Lipinski definition) is 2. The highest BCUT2D eigenvalue weighted by Crippen LogP contribution is 2.18. The molecule has 0 spiro atoms. The SMILES string of the molecule is CC[C@H]1CN[C@@H](CCN)C1. The zero-order chi connectivity index (χ0) is 7.40. The van der Waals surface area contributed by atoms with Crippen LogP contribution in [0.15, 0.2) is 0 Å². The fourth-order valence-corrected chi connectivity index (χ4v) is 1.63. The number of nitrogens with one attached hydrogen (secondary N) is 1. The third-order valence-electron chi connectivity index (χ3n) is 2.41. The van der Waals surface area contributed by atoms with Crippen molar-refractivity contribution in [2.45, 2.75) is 32.2 Å². The highest BCUT2D eigenvalue weighted by molar-refractivity contribution is 4.80. The van der Waals surface area contributed by atoms with Crippen molar-refractivity contribution in [2.24, 2.45) is 11.7 Å². The Morgan fingerprint density at radius 3 is 2.90 bits per heavy atom. The Labute approximate surface area is 63.2 Å². The van der Waals surface area contributed by atoms with Crippen LogP contribution >= 0.6 is 0 Å². The molecule has 1 heterocycles. The monoisotopic (exact) mass is 142 g/mol. The Morgan fingerprint density at radius 1 is 1.60 bits per heavy atom. The number of rotatable bonds is 3. The average molecular weight is 142 g/mol. The van der Waals surface area contributed by atoms with E-state index in [1.54, 1.807) is 0 Å². The van der Waals surface area contributed by atoms with E-state index in [0.29, 0.717) is 0 Å². The van der Waals surface area contributed by atoms with E-state index in [-0.39, 0.29) is 0 Å². The van der Waals surface area contributed by atoms with Crippen LogP contribution in [-0.2, 0) is 0 Å². The zero-order valence-electron chi connectivity index (χ0n) is 6.77. The molecule has 60 valence electrons. The molecule has 0 aliphatic carbocycles.